The van der Waals surface area contributed by atoms with Gasteiger partial charge in [0, 0.05) is 22.3 Å². The van der Waals surface area contributed by atoms with E-state index >= 15 is 0 Å². The summed E-state index contributed by atoms with van der Waals surface area (Å²) in [5.74, 6) is 0.897. The number of hydrogen-bond donors (Lipinski definition) is 1. The highest BCUT2D eigenvalue weighted by Gasteiger charge is 2.09. The van der Waals surface area contributed by atoms with E-state index < -0.39 is 0 Å². The Morgan fingerprint density at radius 3 is 2.53 bits per heavy atom. The van der Waals surface area contributed by atoms with E-state index in [-0.39, 0.29) is 0 Å². The second-order valence-corrected chi connectivity index (χ2v) is 5.80. The number of anilines is 1. The van der Waals surface area contributed by atoms with Crippen molar-refractivity contribution >= 4 is 37.5 Å². The van der Waals surface area contributed by atoms with Crippen LogP contribution in [0.5, 0.6) is 5.75 Å². The van der Waals surface area contributed by atoms with E-state index in [0.717, 1.165) is 32.5 Å². The van der Waals surface area contributed by atoms with Crippen LogP contribution in [0.4, 0.5) is 5.69 Å². The van der Waals surface area contributed by atoms with Gasteiger partial charge in [-0.3, -0.25) is 0 Å². The first-order valence-electron chi connectivity index (χ1n) is 6.10. The summed E-state index contributed by atoms with van der Waals surface area (Å²) < 4.78 is 7.70. The summed E-state index contributed by atoms with van der Waals surface area (Å²) in [5, 5.41) is 3.39. The molecule has 0 spiro atoms. The molecule has 100 valence electrons. The molecular weight excluding hydrogens is 370 g/mol. The van der Waals surface area contributed by atoms with Gasteiger partial charge >= 0.3 is 0 Å². The maximum atomic E-state index is 5.70. The zero-order valence-electron chi connectivity index (χ0n) is 10.6. The summed E-state index contributed by atoms with van der Waals surface area (Å²) in [4.78, 5) is 0. The fraction of sp³-hybridized carbons (Fsp3) is 0.200. The molecule has 0 aliphatic heterocycles. The summed E-state index contributed by atoms with van der Waals surface area (Å²) in [5.41, 5.74) is 2.22. The second-order valence-electron chi connectivity index (χ2n) is 4.03. The SMILES string of the molecule is CCOc1c(Br)cc(Br)cc1CNc1ccccc1. The monoisotopic (exact) mass is 383 g/mol. The molecule has 2 aromatic carbocycles. The maximum Gasteiger partial charge on any atom is 0.138 e. The molecule has 0 aromatic heterocycles. The van der Waals surface area contributed by atoms with Crippen LogP contribution >= 0.6 is 31.9 Å². The Morgan fingerprint density at radius 2 is 1.84 bits per heavy atom. The smallest absolute Gasteiger partial charge is 0.138 e. The number of para-hydroxylation sites is 1. The lowest BCUT2D eigenvalue weighted by molar-refractivity contribution is 0.334. The third kappa shape index (κ3) is 3.98. The van der Waals surface area contributed by atoms with Gasteiger partial charge in [-0.1, -0.05) is 34.1 Å². The van der Waals surface area contributed by atoms with Crippen LogP contribution in [0.15, 0.2) is 51.4 Å². The van der Waals surface area contributed by atoms with Crippen molar-refractivity contribution in [2.45, 2.75) is 13.5 Å². The summed E-state index contributed by atoms with van der Waals surface area (Å²) in [6.07, 6.45) is 0. The van der Waals surface area contributed by atoms with E-state index in [1.807, 2.05) is 43.3 Å². The number of nitrogens with one attached hydrogen (secondary N) is 1. The summed E-state index contributed by atoms with van der Waals surface area (Å²) >= 11 is 7.05. The van der Waals surface area contributed by atoms with Crippen LogP contribution < -0.4 is 10.1 Å². The molecule has 0 atom stereocenters. The van der Waals surface area contributed by atoms with Crippen molar-refractivity contribution in [3.63, 3.8) is 0 Å². The number of ether oxygens (including phenoxy) is 1. The maximum absolute atomic E-state index is 5.70. The van der Waals surface area contributed by atoms with Gasteiger partial charge in [-0.15, -0.1) is 0 Å². The lowest BCUT2D eigenvalue weighted by atomic mass is 10.2. The third-order valence-corrected chi connectivity index (χ3v) is 3.68. The van der Waals surface area contributed by atoms with Crippen LogP contribution in [0, 0.1) is 0 Å². The summed E-state index contributed by atoms with van der Waals surface area (Å²) in [6, 6.07) is 14.2. The van der Waals surface area contributed by atoms with Crippen molar-refractivity contribution in [2.75, 3.05) is 11.9 Å². The second kappa shape index (κ2) is 6.96. The molecule has 2 aromatic rings. The minimum atomic E-state index is 0.651. The number of halogens is 2. The predicted octanol–water partition coefficient (Wildman–Crippen LogP) is 5.22. The molecule has 0 fully saturated rings. The minimum absolute atomic E-state index is 0.651. The van der Waals surface area contributed by atoms with Crippen molar-refractivity contribution in [1.29, 1.82) is 0 Å². The Hall–Kier alpha value is -1.00. The molecule has 0 heterocycles. The third-order valence-electron chi connectivity index (χ3n) is 2.63. The Bertz CT molecular complexity index is 543. The van der Waals surface area contributed by atoms with E-state index in [0.29, 0.717) is 6.61 Å². The molecule has 2 rings (SSSR count). The average Bonchev–Trinajstić information content (AvgIpc) is 2.41. The average molecular weight is 385 g/mol. The van der Waals surface area contributed by atoms with Gasteiger partial charge in [0.05, 0.1) is 11.1 Å². The van der Waals surface area contributed by atoms with Gasteiger partial charge in [-0.25, -0.2) is 0 Å². The van der Waals surface area contributed by atoms with Crippen LogP contribution in [-0.2, 0) is 6.54 Å². The molecule has 0 unspecified atom stereocenters. The molecular formula is C15H15Br2NO. The standard InChI is InChI=1S/C15H15Br2NO/c1-2-19-15-11(8-12(16)9-14(15)17)10-18-13-6-4-3-5-7-13/h3-9,18H,2,10H2,1H3. The van der Waals surface area contributed by atoms with Gasteiger partial charge in [0.15, 0.2) is 0 Å². The van der Waals surface area contributed by atoms with Crippen LogP contribution in [0.1, 0.15) is 12.5 Å². The Balaban J connectivity index is 2.19. The van der Waals surface area contributed by atoms with E-state index in [9.17, 15) is 0 Å². The van der Waals surface area contributed by atoms with Crippen molar-refractivity contribution in [3.05, 3.63) is 57.0 Å². The molecule has 1 N–H and O–H groups in total. The lowest BCUT2D eigenvalue weighted by Crippen LogP contribution is -2.04. The summed E-state index contributed by atoms with van der Waals surface area (Å²) in [6.45, 7) is 3.36. The molecule has 4 heteroatoms. The Kier molecular flexibility index (Phi) is 5.28. The van der Waals surface area contributed by atoms with E-state index in [4.69, 9.17) is 4.74 Å². The molecule has 0 aliphatic carbocycles. The Labute approximate surface area is 130 Å². The zero-order chi connectivity index (χ0) is 13.7. The van der Waals surface area contributed by atoms with Crippen LogP contribution in [0.25, 0.3) is 0 Å². The van der Waals surface area contributed by atoms with E-state index in [1.54, 1.807) is 0 Å². The van der Waals surface area contributed by atoms with Crippen LogP contribution in [0.3, 0.4) is 0 Å². The molecule has 0 aliphatic rings. The Morgan fingerprint density at radius 1 is 1.11 bits per heavy atom. The topological polar surface area (TPSA) is 21.3 Å². The highest BCUT2D eigenvalue weighted by Crippen LogP contribution is 2.33. The predicted molar refractivity (Wildman–Crippen MR) is 86.8 cm³/mol. The fourth-order valence-electron chi connectivity index (χ4n) is 1.80. The summed E-state index contributed by atoms with van der Waals surface area (Å²) in [7, 11) is 0. The van der Waals surface area contributed by atoms with Crippen LogP contribution in [-0.4, -0.2) is 6.61 Å². The molecule has 0 saturated carbocycles. The van der Waals surface area contributed by atoms with Crippen molar-refractivity contribution in [1.82, 2.24) is 0 Å². The fourth-order valence-corrected chi connectivity index (χ4v) is 3.23. The number of rotatable bonds is 5. The van der Waals surface area contributed by atoms with Crippen molar-refractivity contribution in [3.8, 4) is 5.75 Å². The molecule has 0 bridgehead atoms. The molecule has 19 heavy (non-hydrogen) atoms. The van der Waals surface area contributed by atoms with Gasteiger partial charge in [0.25, 0.3) is 0 Å². The minimum Gasteiger partial charge on any atom is -0.492 e. The normalized spacial score (nSPS) is 10.3. The van der Waals surface area contributed by atoms with Gasteiger partial charge < -0.3 is 10.1 Å². The molecule has 2 nitrogen and oxygen atoms in total. The molecule has 0 saturated heterocycles. The van der Waals surface area contributed by atoms with Crippen molar-refractivity contribution in [2.24, 2.45) is 0 Å². The first-order chi connectivity index (χ1) is 9.20. The lowest BCUT2D eigenvalue weighted by Gasteiger charge is -2.14. The van der Waals surface area contributed by atoms with Gasteiger partial charge in [-0.2, -0.15) is 0 Å². The number of benzene rings is 2. The van der Waals surface area contributed by atoms with Crippen LogP contribution in [0.2, 0.25) is 0 Å². The van der Waals surface area contributed by atoms with E-state index in [2.05, 4.69) is 43.2 Å². The highest BCUT2D eigenvalue weighted by molar-refractivity contribution is 9.11. The first kappa shape index (κ1) is 14.4. The van der Waals surface area contributed by atoms with E-state index in [1.165, 1.54) is 0 Å². The zero-order valence-corrected chi connectivity index (χ0v) is 13.8. The first-order valence-corrected chi connectivity index (χ1v) is 7.69. The van der Waals surface area contributed by atoms with Gasteiger partial charge in [0.1, 0.15) is 5.75 Å². The molecule has 0 radical (unpaired) electrons. The van der Waals surface area contributed by atoms with Gasteiger partial charge in [-0.05, 0) is 47.1 Å². The quantitative estimate of drug-likeness (QED) is 0.762. The highest BCUT2D eigenvalue weighted by atomic mass is 79.9. The molecule has 0 amide bonds. The van der Waals surface area contributed by atoms with Gasteiger partial charge in [0.2, 0.25) is 0 Å². The number of hydrogen-bond acceptors (Lipinski definition) is 2. The largest absolute Gasteiger partial charge is 0.492 e. The van der Waals surface area contributed by atoms with Crippen molar-refractivity contribution < 1.29 is 4.74 Å².